The van der Waals surface area contributed by atoms with E-state index in [1.807, 2.05) is 0 Å². The number of hydrogen-bond donors (Lipinski definition) is 0. The van der Waals surface area contributed by atoms with Crippen molar-refractivity contribution in [3.8, 4) is 11.1 Å². The second-order valence-corrected chi connectivity index (χ2v) is 28.1. The number of hydrogen-bond acceptors (Lipinski definition) is 0. The molecule has 84 heavy (non-hydrogen) atoms. The summed E-state index contributed by atoms with van der Waals surface area (Å²) in [6, 6.07) is 29.1. The van der Waals surface area contributed by atoms with Gasteiger partial charge in [0, 0.05) is 73.2 Å². The van der Waals surface area contributed by atoms with Crippen molar-refractivity contribution in [2.45, 2.75) is 24.6 Å². The Balaban J connectivity index is 1.32. The first kappa shape index (κ1) is 59.9. The van der Waals surface area contributed by atoms with E-state index in [1.165, 1.54) is 36.4 Å². The summed E-state index contributed by atoms with van der Waals surface area (Å²) in [6.07, 6.45) is -1.51. The van der Waals surface area contributed by atoms with Gasteiger partial charge < -0.3 is 0 Å². The Kier molecular flexibility index (Phi) is 18.2. The molecule has 10 aromatic carbocycles. The highest BCUT2D eigenvalue weighted by molar-refractivity contribution is 7.73. The third-order valence-corrected chi connectivity index (χ3v) is 23.0. The second-order valence-electron chi connectivity index (χ2n) is 19.3. The maximum Gasteiger partial charge on any atom is 0.126 e. The van der Waals surface area contributed by atoms with Crippen LogP contribution in [-0.2, 0) is 24.6 Å². The molecule has 0 aliphatic carbocycles. The lowest BCUT2D eigenvalue weighted by atomic mass is 9.89. The standard InChI is InChI=1S/C64H38F16P4/c65-39-7-40(66)16-55(15-39)81(56-17-41(67)8-42(68)18-56)31-35-3-1-4-36(32-82(57-19-43(69)9-44(70)20-57)58-21-45(71)10-46(72)22-58)63(35)64-37(33-83(59-23-47(73)11-48(74)24-59)60-25-49(75)12-50(76)26-60)5-2-6-38(64)34-84(61-27-51(77)13-52(78)28-61)62-29-53(79)14-54(80)30-62/h1-30H,31-34H2. The summed E-state index contributed by atoms with van der Waals surface area (Å²) in [5.74, 6) is -17.1. The molecule has 0 aliphatic heterocycles. The first-order valence-electron chi connectivity index (χ1n) is 25.1. The molecule has 0 bridgehead atoms. The Hall–Kier alpha value is -7.20. The van der Waals surface area contributed by atoms with E-state index in [1.54, 1.807) is 0 Å². The number of rotatable bonds is 17. The lowest BCUT2D eigenvalue weighted by Gasteiger charge is -2.29. The van der Waals surface area contributed by atoms with Gasteiger partial charge in [-0.05, 0) is 205 Å². The van der Waals surface area contributed by atoms with E-state index in [4.69, 9.17) is 0 Å². The maximum atomic E-state index is 15.4. The molecule has 0 spiro atoms. The Morgan fingerprint density at radius 2 is 0.298 bits per heavy atom. The number of benzene rings is 10. The third-order valence-electron chi connectivity index (χ3n) is 13.3. The normalized spacial score (nSPS) is 11.7. The van der Waals surface area contributed by atoms with Gasteiger partial charge in [0.1, 0.15) is 93.1 Å². The average Bonchev–Trinajstić information content (AvgIpc) is 3.53. The third kappa shape index (κ3) is 14.3. The van der Waals surface area contributed by atoms with Gasteiger partial charge in [-0.2, -0.15) is 0 Å². The molecule has 10 aromatic rings. The Morgan fingerprint density at radius 1 is 0.179 bits per heavy atom. The summed E-state index contributed by atoms with van der Waals surface area (Å²) >= 11 is 0. The first-order valence-corrected chi connectivity index (χ1v) is 31.2. The van der Waals surface area contributed by atoms with Crippen molar-refractivity contribution < 1.29 is 70.2 Å². The highest BCUT2D eigenvalue weighted by Gasteiger charge is 2.30. The molecule has 0 aliphatic rings. The molecule has 20 heteroatoms. The molecule has 0 atom stereocenters. The highest BCUT2D eigenvalue weighted by Crippen LogP contribution is 2.51. The van der Waals surface area contributed by atoms with E-state index in [2.05, 4.69) is 0 Å². The van der Waals surface area contributed by atoms with Gasteiger partial charge in [0.15, 0.2) is 0 Å². The second kappa shape index (κ2) is 25.6. The van der Waals surface area contributed by atoms with E-state index >= 15 is 70.2 Å². The van der Waals surface area contributed by atoms with Crippen LogP contribution in [0.4, 0.5) is 70.2 Å². The zero-order chi connectivity index (χ0) is 59.7. The molecular formula is C64H38F16P4. The lowest BCUT2D eigenvalue weighted by Crippen LogP contribution is -2.19. The van der Waals surface area contributed by atoms with Crippen molar-refractivity contribution in [3.05, 3.63) is 297 Å². The highest BCUT2D eigenvalue weighted by atomic mass is 31.1. The molecule has 0 saturated carbocycles. The van der Waals surface area contributed by atoms with Crippen LogP contribution in [0.1, 0.15) is 22.3 Å². The lowest BCUT2D eigenvalue weighted by molar-refractivity contribution is 0.584. The number of halogens is 16. The predicted octanol–water partition coefficient (Wildman–Crippen LogP) is 16.1. The van der Waals surface area contributed by atoms with Gasteiger partial charge in [0.05, 0.1) is 0 Å². The van der Waals surface area contributed by atoms with Gasteiger partial charge in [-0.1, -0.05) is 36.4 Å². The summed E-state index contributed by atoms with van der Waals surface area (Å²) in [6.45, 7) is 0. The molecule has 0 unspecified atom stereocenters. The van der Waals surface area contributed by atoms with Crippen LogP contribution < -0.4 is 42.4 Å². The van der Waals surface area contributed by atoms with Crippen molar-refractivity contribution in [2.75, 3.05) is 0 Å². The van der Waals surface area contributed by atoms with Crippen LogP contribution in [0, 0.1) is 93.1 Å². The van der Waals surface area contributed by atoms with E-state index in [0.717, 1.165) is 97.1 Å². The van der Waals surface area contributed by atoms with Gasteiger partial charge in [-0.15, -0.1) is 0 Å². The summed E-state index contributed by atoms with van der Waals surface area (Å²) in [5.41, 5.74) is 0.961. The van der Waals surface area contributed by atoms with Crippen LogP contribution >= 0.6 is 31.7 Å². The van der Waals surface area contributed by atoms with Crippen LogP contribution in [0.25, 0.3) is 11.1 Å². The Morgan fingerprint density at radius 3 is 0.417 bits per heavy atom. The van der Waals surface area contributed by atoms with Crippen LogP contribution in [0.3, 0.4) is 0 Å². The van der Waals surface area contributed by atoms with Crippen molar-refractivity contribution in [1.82, 2.24) is 0 Å². The fourth-order valence-electron chi connectivity index (χ4n) is 10.0. The average molecular weight is 1230 g/mol. The van der Waals surface area contributed by atoms with E-state index in [9.17, 15) is 0 Å². The molecule has 0 fully saturated rings. The molecule has 0 amide bonds. The van der Waals surface area contributed by atoms with Gasteiger partial charge in [-0.25, -0.2) is 70.2 Å². The van der Waals surface area contributed by atoms with E-state index in [-0.39, 0.29) is 100 Å². The zero-order valence-corrected chi connectivity index (χ0v) is 46.6. The maximum absolute atomic E-state index is 15.4. The molecule has 0 N–H and O–H groups in total. The zero-order valence-electron chi connectivity index (χ0n) is 43.0. The van der Waals surface area contributed by atoms with Crippen molar-refractivity contribution in [3.63, 3.8) is 0 Å². The van der Waals surface area contributed by atoms with Gasteiger partial charge >= 0.3 is 0 Å². The van der Waals surface area contributed by atoms with E-state index < -0.39 is 125 Å². The smallest absolute Gasteiger partial charge is 0.126 e. The van der Waals surface area contributed by atoms with Crippen LogP contribution in [0.5, 0.6) is 0 Å². The summed E-state index contributed by atoms with van der Waals surface area (Å²) in [4.78, 5) is 0. The van der Waals surface area contributed by atoms with Gasteiger partial charge in [0.2, 0.25) is 0 Å². The Bertz CT molecular complexity index is 3250. The molecule has 426 valence electrons. The quantitative estimate of drug-likeness (QED) is 0.0630. The minimum absolute atomic E-state index is 0.0837. The minimum Gasteiger partial charge on any atom is -0.207 e. The fourth-order valence-corrected chi connectivity index (χ4v) is 19.6. The molecule has 0 nitrogen and oxygen atoms in total. The summed E-state index contributed by atoms with van der Waals surface area (Å²) in [5, 5.41) is -0.669. The van der Waals surface area contributed by atoms with Crippen LogP contribution in [0.15, 0.2) is 182 Å². The largest absolute Gasteiger partial charge is 0.207 e. The van der Waals surface area contributed by atoms with Gasteiger partial charge in [-0.3, -0.25) is 0 Å². The van der Waals surface area contributed by atoms with Gasteiger partial charge in [0.25, 0.3) is 0 Å². The first-order chi connectivity index (χ1) is 40.1. The molecule has 0 saturated heterocycles. The topological polar surface area (TPSA) is 0 Å². The Labute approximate surface area is 475 Å². The molecule has 0 aromatic heterocycles. The van der Waals surface area contributed by atoms with Crippen molar-refractivity contribution >= 4 is 74.1 Å². The molecule has 10 rings (SSSR count). The van der Waals surface area contributed by atoms with Crippen LogP contribution in [0.2, 0.25) is 0 Å². The van der Waals surface area contributed by atoms with Crippen molar-refractivity contribution in [1.29, 1.82) is 0 Å². The van der Waals surface area contributed by atoms with E-state index in [0.29, 0.717) is 48.5 Å². The van der Waals surface area contributed by atoms with Crippen LogP contribution in [-0.4, -0.2) is 0 Å². The fraction of sp³-hybridized carbons (Fsp3) is 0.0625. The molecular weight excluding hydrogens is 1200 g/mol. The SMILES string of the molecule is Fc1cc(F)cc(P(Cc2cccc(CP(c3cc(F)cc(F)c3)c3cc(F)cc(F)c3)c2-c2c(CP(c3cc(F)cc(F)c3)c3cc(F)cc(F)c3)cccc2CP(c2cc(F)cc(F)c2)c2cc(F)cc(F)c2)c2cc(F)cc(F)c2)c1. The summed E-state index contributed by atoms with van der Waals surface area (Å²) in [7, 11) is -9.36. The minimum atomic E-state index is -2.34. The molecule has 0 radical (unpaired) electrons. The molecule has 0 heterocycles. The summed E-state index contributed by atoms with van der Waals surface area (Å²) < 4.78 is 247. The predicted molar refractivity (Wildman–Crippen MR) is 302 cm³/mol. The monoisotopic (exact) mass is 1230 g/mol. The van der Waals surface area contributed by atoms with Crippen molar-refractivity contribution in [2.24, 2.45) is 0 Å².